The molecule has 0 aliphatic carbocycles. The number of aliphatic carboxylic acids is 1. The number of carbonyl (C=O) groups is 2. The zero-order chi connectivity index (χ0) is 28.4. The number of rotatable bonds is 10. The van der Waals surface area contributed by atoms with Gasteiger partial charge in [0.25, 0.3) is 5.91 Å². The smallest absolute Gasteiger partial charge is 0.305 e. The van der Waals surface area contributed by atoms with Gasteiger partial charge in [0.1, 0.15) is 5.82 Å². The van der Waals surface area contributed by atoms with Crippen LogP contribution in [0, 0.1) is 12.7 Å². The number of aromatic nitrogens is 1. The van der Waals surface area contributed by atoms with E-state index in [9.17, 15) is 9.59 Å². The van der Waals surface area contributed by atoms with Crippen LogP contribution < -0.4 is 5.32 Å². The van der Waals surface area contributed by atoms with E-state index in [1.54, 1.807) is 12.1 Å². The third-order valence-electron chi connectivity index (χ3n) is 8.11. The summed E-state index contributed by atoms with van der Waals surface area (Å²) in [5, 5.41) is 13.0. The van der Waals surface area contributed by atoms with Crippen LogP contribution >= 0.6 is 11.6 Å². The van der Waals surface area contributed by atoms with Gasteiger partial charge in [0.15, 0.2) is 0 Å². The summed E-state index contributed by atoms with van der Waals surface area (Å²) in [5.74, 6) is -1.57. The average molecular weight is 549 g/mol. The highest BCUT2D eigenvalue weighted by atomic mass is 35.5. The van der Waals surface area contributed by atoms with Gasteiger partial charge in [-0.1, -0.05) is 63.1 Å². The Balaban J connectivity index is 1.88. The summed E-state index contributed by atoms with van der Waals surface area (Å²) < 4.78 is 15.0. The van der Waals surface area contributed by atoms with Gasteiger partial charge >= 0.3 is 5.97 Å². The fourth-order valence-corrected chi connectivity index (χ4v) is 5.98. The predicted molar refractivity (Wildman–Crippen MR) is 154 cm³/mol. The number of aromatic amines is 1. The van der Waals surface area contributed by atoms with E-state index in [2.05, 4.69) is 31.1 Å². The van der Waals surface area contributed by atoms with Gasteiger partial charge in [-0.15, -0.1) is 0 Å². The van der Waals surface area contributed by atoms with E-state index in [1.807, 2.05) is 55.6 Å². The third kappa shape index (κ3) is 5.30. The number of fused-ring (bicyclic) bond motifs is 1. The third-order valence-corrected chi connectivity index (χ3v) is 8.36. The molecule has 204 valence electrons. The van der Waals surface area contributed by atoms with Crippen molar-refractivity contribution in [2.24, 2.45) is 0 Å². The fraction of sp³-hybridized carbons (Fsp3) is 0.312. The van der Waals surface area contributed by atoms with E-state index in [4.69, 9.17) is 16.7 Å². The number of nitrogens with one attached hydrogen (secondary N) is 2. The SMILES string of the molecule is CCCC(C)(c1ccc(C(=O)NCCC(=O)O)cc1)[C@](C)(c1ccc(Cl)cc1)c1c[nH]c2c(F)cc(C)cc12. The first kappa shape index (κ1) is 28.4. The molecule has 1 aromatic heterocycles. The van der Waals surface area contributed by atoms with Crippen LogP contribution in [-0.4, -0.2) is 28.5 Å². The van der Waals surface area contributed by atoms with E-state index >= 15 is 4.39 Å². The Morgan fingerprint density at radius 3 is 2.28 bits per heavy atom. The summed E-state index contributed by atoms with van der Waals surface area (Å²) in [5.41, 5.74) is 3.75. The lowest BCUT2D eigenvalue weighted by molar-refractivity contribution is -0.136. The van der Waals surface area contributed by atoms with Crippen LogP contribution in [0.4, 0.5) is 4.39 Å². The number of hydrogen-bond donors (Lipinski definition) is 3. The summed E-state index contributed by atoms with van der Waals surface area (Å²) >= 11 is 6.29. The Hall–Kier alpha value is -3.64. The number of carbonyl (C=O) groups excluding carboxylic acids is 1. The molecule has 4 aromatic rings. The van der Waals surface area contributed by atoms with Crippen LogP contribution in [0.5, 0.6) is 0 Å². The largest absolute Gasteiger partial charge is 0.481 e. The Labute approximate surface area is 233 Å². The van der Waals surface area contributed by atoms with E-state index in [-0.39, 0.29) is 24.7 Å². The van der Waals surface area contributed by atoms with Crippen LogP contribution in [-0.2, 0) is 15.6 Å². The molecule has 3 N–H and O–H groups in total. The van der Waals surface area contributed by atoms with Crippen molar-refractivity contribution in [2.45, 2.75) is 57.8 Å². The van der Waals surface area contributed by atoms with Crippen molar-refractivity contribution in [3.05, 3.63) is 106 Å². The van der Waals surface area contributed by atoms with Crippen molar-refractivity contribution in [2.75, 3.05) is 6.54 Å². The van der Waals surface area contributed by atoms with Crippen LogP contribution in [0.25, 0.3) is 10.9 Å². The molecule has 0 spiro atoms. The summed E-state index contributed by atoms with van der Waals surface area (Å²) in [6.45, 7) is 8.52. The zero-order valence-corrected chi connectivity index (χ0v) is 23.5. The molecule has 1 heterocycles. The average Bonchev–Trinajstić information content (AvgIpc) is 3.33. The van der Waals surface area contributed by atoms with Gasteiger partial charge in [-0.25, -0.2) is 4.39 Å². The molecule has 4 rings (SSSR count). The maximum absolute atomic E-state index is 15.0. The van der Waals surface area contributed by atoms with Crippen LogP contribution in [0.15, 0.2) is 66.9 Å². The highest BCUT2D eigenvalue weighted by Gasteiger charge is 2.48. The molecule has 0 saturated heterocycles. The standard InChI is InChI=1S/C32H34ClFN2O3/c1-5-15-31(3,22-8-6-21(7-9-22)30(39)35-16-14-28(37)38)32(4,23-10-12-24(33)13-11-23)26-19-36-29-25(26)17-20(2)18-27(29)34/h6-13,17-19,36H,5,14-16H2,1-4H3,(H,35,39)(H,37,38)/t31?,32-/m1/s1. The quantitative estimate of drug-likeness (QED) is 0.191. The van der Waals surface area contributed by atoms with Gasteiger partial charge in [0.2, 0.25) is 0 Å². The van der Waals surface area contributed by atoms with E-state index < -0.39 is 16.8 Å². The van der Waals surface area contributed by atoms with Crippen molar-refractivity contribution in [3.63, 3.8) is 0 Å². The first-order valence-corrected chi connectivity index (χ1v) is 13.5. The van der Waals surface area contributed by atoms with Crippen molar-refractivity contribution in [3.8, 4) is 0 Å². The summed E-state index contributed by atoms with van der Waals surface area (Å²) in [6.07, 6.45) is 3.49. The van der Waals surface area contributed by atoms with Gasteiger partial charge in [-0.2, -0.15) is 0 Å². The highest BCUT2D eigenvalue weighted by Crippen LogP contribution is 2.53. The number of hydrogen-bond acceptors (Lipinski definition) is 2. The lowest BCUT2D eigenvalue weighted by Gasteiger charge is -2.48. The maximum atomic E-state index is 15.0. The predicted octanol–water partition coefficient (Wildman–Crippen LogP) is 7.54. The molecule has 3 aromatic carbocycles. The van der Waals surface area contributed by atoms with Crippen LogP contribution in [0.1, 0.15) is 72.6 Å². The van der Waals surface area contributed by atoms with Gasteiger partial charge in [-0.3, -0.25) is 9.59 Å². The highest BCUT2D eigenvalue weighted by molar-refractivity contribution is 6.30. The molecule has 0 fully saturated rings. The molecular weight excluding hydrogens is 515 g/mol. The fourth-order valence-electron chi connectivity index (χ4n) is 5.85. The number of carboxylic acid groups (broad SMARTS) is 1. The van der Waals surface area contributed by atoms with Crippen LogP contribution in [0.2, 0.25) is 5.02 Å². The number of H-pyrrole nitrogens is 1. The number of carboxylic acids is 1. The minimum absolute atomic E-state index is 0.0641. The molecule has 1 amide bonds. The van der Waals surface area contributed by atoms with E-state index in [0.29, 0.717) is 16.1 Å². The molecule has 0 saturated carbocycles. The molecule has 0 aliphatic rings. The lowest BCUT2D eigenvalue weighted by Crippen LogP contribution is -2.46. The second-order valence-corrected chi connectivity index (χ2v) is 11.0. The number of aryl methyl sites for hydroxylation is 1. The molecule has 2 atom stereocenters. The van der Waals surface area contributed by atoms with Crippen molar-refractivity contribution in [1.29, 1.82) is 0 Å². The Bertz CT molecular complexity index is 1500. The van der Waals surface area contributed by atoms with Crippen molar-refractivity contribution in [1.82, 2.24) is 10.3 Å². The molecule has 39 heavy (non-hydrogen) atoms. The second-order valence-electron chi connectivity index (χ2n) is 10.6. The van der Waals surface area contributed by atoms with E-state index in [0.717, 1.165) is 40.5 Å². The Morgan fingerprint density at radius 2 is 1.67 bits per heavy atom. The van der Waals surface area contributed by atoms with Gasteiger partial charge in [0, 0.05) is 39.5 Å². The van der Waals surface area contributed by atoms with Gasteiger partial charge in [-0.05, 0) is 72.0 Å². The zero-order valence-electron chi connectivity index (χ0n) is 22.7. The normalized spacial score (nSPS) is 14.5. The number of benzene rings is 3. The molecule has 5 nitrogen and oxygen atoms in total. The van der Waals surface area contributed by atoms with Gasteiger partial charge < -0.3 is 15.4 Å². The van der Waals surface area contributed by atoms with Crippen molar-refractivity contribution < 1.29 is 19.1 Å². The number of amides is 1. The summed E-state index contributed by atoms with van der Waals surface area (Å²) in [7, 11) is 0. The van der Waals surface area contributed by atoms with Gasteiger partial charge in [0.05, 0.1) is 11.9 Å². The number of halogens is 2. The lowest BCUT2D eigenvalue weighted by atomic mass is 9.54. The molecule has 0 radical (unpaired) electrons. The monoisotopic (exact) mass is 548 g/mol. The summed E-state index contributed by atoms with van der Waals surface area (Å²) in [4.78, 5) is 26.6. The summed E-state index contributed by atoms with van der Waals surface area (Å²) in [6, 6.07) is 18.9. The molecule has 0 aliphatic heterocycles. The maximum Gasteiger partial charge on any atom is 0.305 e. The van der Waals surface area contributed by atoms with E-state index in [1.165, 1.54) is 6.07 Å². The second kappa shape index (κ2) is 11.2. The van der Waals surface area contributed by atoms with Crippen LogP contribution in [0.3, 0.4) is 0 Å². The minimum atomic E-state index is -0.963. The molecule has 1 unspecified atom stereocenters. The first-order chi connectivity index (χ1) is 18.5. The Morgan fingerprint density at radius 1 is 1.03 bits per heavy atom. The molecule has 0 bridgehead atoms. The Kier molecular flexibility index (Phi) is 8.17. The minimum Gasteiger partial charge on any atom is -0.481 e. The molecule has 7 heteroatoms. The topological polar surface area (TPSA) is 82.2 Å². The van der Waals surface area contributed by atoms with Crippen molar-refractivity contribution >= 4 is 34.4 Å². The first-order valence-electron chi connectivity index (χ1n) is 13.2. The molecular formula is C32H34ClFN2O3.